The summed E-state index contributed by atoms with van der Waals surface area (Å²) in [4.78, 5) is 34.2. The molecular weight excluding hydrogens is 510 g/mol. The van der Waals surface area contributed by atoms with Gasteiger partial charge < -0.3 is 34.6 Å². The van der Waals surface area contributed by atoms with Crippen LogP contribution in [-0.2, 0) is 11.2 Å². The largest absolute Gasteiger partial charge is 0.465 e. The Hall–Kier alpha value is -3.73. The number of rotatable bonds is 7. The molecule has 4 atom stereocenters. The summed E-state index contributed by atoms with van der Waals surface area (Å²) >= 11 is 0. The number of methoxy groups -OCH3 is 1. The number of carboxylic acid groups (broad SMARTS) is 1. The number of nitrogens with zero attached hydrogens (tertiary/aromatic N) is 4. The van der Waals surface area contributed by atoms with E-state index in [0.29, 0.717) is 31.7 Å². The third-order valence-electron chi connectivity index (χ3n) is 8.19. The van der Waals surface area contributed by atoms with Crippen molar-refractivity contribution in [2.75, 3.05) is 39.9 Å². The van der Waals surface area contributed by atoms with Crippen molar-refractivity contribution in [2.24, 2.45) is 0 Å². The first-order valence-corrected chi connectivity index (χ1v) is 13.7. The van der Waals surface area contributed by atoms with Crippen LogP contribution in [0.2, 0.25) is 0 Å². The van der Waals surface area contributed by atoms with Crippen molar-refractivity contribution in [1.82, 2.24) is 24.7 Å². The van der Waals surface area contributed by atoms with E-state index in [1.165, 1.54) is 12.0 Å². The summed E-state index contributed by atoms with van der Waals surface area (Å²) in [7, 11) is 1.52. The maximum Gasteiger partial charge on any atom is 0.407 e. The number of amides is 2. The molecule has 0 saturated carbocycles. The molecule has 10 heteroatoms. The lowest BCUT2D eigenvalue weighted by atomic mass is 9.81. The van der Waals surface area contributed by atoms with Gasteiger partial charge in [0.15, 0.2) is 5.69 Å². The highest BCUT2D eigenvalue weighted by Crippen LogP contribution is 2.41. The van der Waals surface area contributed by atoms with Crippen molar-refractivity contribution >= 4 is 12.0 Å². The van der Waals surface area contributed by atoms with Crippen LogP contribution in [0.1, 0.15) is 35.4 Å². The molecule has 40 heavy (non-hydrogen) atoms. The molecule has 2 aliphatic heterocycles. The van der Waals surface area contributed by atoms with Crippen LogP contribution in [0.5, 0.6) is 0 Å². The topological polar surface area (TPSA) is 120 Å². The van der Waals surface area contributed by atoms with E-state index in [1.807, 2.05) is 53.4 Å². The number of likely N-dealkylation sites (tertiary alicyclic amines) is 1. The molecule has 3 unspecified atom stereocenters. The summed E-state index contributed by atoms with van der Waals surface area (Å²) in [6, 6.07) is 18.2. The fourth-order valence-corrected chi connectivity index (χ4v) is 6.30. The monoisotopic (exact) mass is 547 g/mol. The van der Waals surface area contributed by atoms with Crippen LogP contribution in [0.3, 0.4) is 0 Å². The lowest BCUT2D eigenvalue weighted by Crippen LogP contribution is -2.60. The third kappa shape index (κ3) is 5.34. The van der Waals surface area contributed by atoms with Gasteiger partial charge in [-0.15, -0.1) is 0 Å². The average molecular weight is 548 g/mol. The Morgan fingerprint density at radius 2 is 1.77 bits per heavy atom. The molecule has 0 spiro atoms. The van der Waals surface area contributed by atoms with E-state index in [9.17, 15) is 19.8 Å². The quantitative estimate of drug-likeness (QED) is 0.416. The number of benzene rings is 2. The van der Waals surface area contributed by atoms with Crippen molar-refractivity contribution in [3.8, 4) is 11.3 Å². The molecule has 2 aliphatic rings. The third-order valence-corrected chi connectivity index (χ3v) is 8.19. The Morgan fingerprint density at radius 3 is 2.45 bits per heavy atom. The molecule has 2 fully saturated rings. The number of piperidine rings is 1. The second-order valence-corrected chi connectivity index (χ2v) is 10.7. The molecule has 0 radical (unpaired) electrons. The molecule has 3 aromatic rings. The summed E-state index contributed by atoms with van der Waals surface area (Å²) in [6.45, 7) is 3.86. The van der Waals surface area contributed by atoms with Crippen molar-refractivity contribution < 1.29 is 24.5 Å². The lowest BCUT2D eigenvalue weighted by molar-refractivity contribution is -0.117. The van der Waals surface area contributed by atoms with E-state index in [4.69, 9.17) is 4.74 Å². The van der Waals surface area contributed by atoms with Gasteiger partial charge in [0.25, 0.3) is 5.91 Å². The first kappa shape index (κ1) is 27.8. The molecule has 1 aromatic heterocycles. The molecule has 2 amide bonds. The Morgan fingerprint density at radius 1 is 1.07 bits per heavy atom. The molecule has 5 rings (SSSR count). The Labute approximate surface area is 234 Å². The summed E-state index contributed by atoms with van der Waals surface area (Å²) in [6.07, 6.45) is 1.41. The number of nitrogens with one attached hydrogen (secondary N) is 1. The predicted octanol–water partition coefficient (Wildman–Crippen LogP) is 2.90. The van der Waals surface area contributed by atoms with Gasteiger partial charge in [0.1, 0.15) is 5.60 Å². The molecule has 10 nitrogen and oxygen atoms in total. The summed E-state index contributed by atoms with van der Waals surface area (Å²) in [5.74, 6) is -0.186. The number of carbonyl (C=O) groups excluding carboxylic acids is 1. The van der Waals surface area contributed by atoms with Gasteiger partial charge in [-0.3, -0.25) is 4.79 Å². The number of carbonyl (C=O) groups is 2. The maximum absolute atomic E-state index is 14.3. The minimum absolute atomic E-state index is 0.0160. The van der Waals surface area contributed by atoms with Gasteiger partial charge in [-0.25, -0.2) is 9.78 Å². The van der Waals surface area contributed by atoms with E-state index in [2.05, 4.69) is 22.4 Å². The summed E-state index contributed by atoms with van der Waals surface area (Å²) in [5.41, 5.74) is 1.39. The van der Waals surface area contributed by atoms with Gasteiger partial charge in [0, 0.05) is 44.9 Å². The van der Waals surface area contributed by atoms with E-state index in [0.717, 1.165) is 11.1 Å². The summed E-state index contributed by atoms with van der Waals surface area (Å²) < 4.78 is 7.20. The Balaban J connectivity index is 1.59. The molecule has 2 saturated heterocycles. The van der Waals surface area contributed by atoms with Crippen LogP contribution in [0.25, 0.3) is 11.3 Å². The smallest absolute Gasteiger partial charge is 0.407 e. The van der Waals surface area contributed by atoms with E-state index in [-0.39, 0.29) is 37.2 Å². The van der Waals surface area contributed by atoms with Gasteiger partial charge in [0.05, 0.1) is 30.7 Å². The minimum atomic E-state index is -1.37. The minimum Gasteiger partial charge on any atom is -0.465 e. The van der Waals surface area contributed by atoms with Crippen LogP contribution in [-0.4, -0.2) is 99.1 Å². The number of hydrogen-bond acceptors (Lipinski definition) is 6. The molecule has 212 valence electrons. The molecule has 3 heterocycles. The van der Waals surface area contributed by atoms with Gasteiger partial charge in [-0.2, -0.15) is 0 Å². The normalized spacial score (nSPS) is 25.1. The Kier molecular flexibility index (Phi) is 8.20. The van der Waals surface area contributed by atoms with Crippen molar-refractivity contribution in [3.63, 3.8) is 0 Å². The SMILES string of the molecule is COCC1(O)CCN(C(=O)O)C(C)C1n1cnc(C(=O)N2CCNC[C@H]2Cc2ccccc2)c1-c1ccccc1. The van der Waals surface area contributed by atoms with Crippen molar-refractivity contribution in [2.45, 2.75) is 43.5 Å². The van der Waals surface area contributed by atoms with Gasteiger partial charge >= 0.3 is 6.09 Å². The van der Waals surface area contributed by atoms with Crippen LogP contribution in [0.4, 0.5) is 4.79 Å². The van der Waals surface area contributed by atoms with Gasteiger partial charge in [0.2, 0.25) is 0 Å². The molecular formula is C30H37N5O5. The molecule has 3 N–H and O–H groups in total. The van der Waals surface area contributed by atoms with Crippen molar-refractivity contribution in [3.05, 3.63) is 78.2 Å². The van der Waals surface area contributed by atoms with E-state index >= 15 is 0 Å². The van der Waals surface area contributed by atoms with Crippen LogP contribution >= 0.6 is 0 Å². The predicted molar refractivity (Wildman–Crippen MR) is 150 cm³/mol. The number of piperazine rings is 1. The standard InChI is InChI=1S/C30H37N5O5/c1-21-27(30(39,19-40-2)13-15-33(21)29(37)38)35-20-32-25(26(35)23-11-7-4-8-12-23)28(36)34-16-14-31-18-24(34)17-22-9-5-3-6-10-22/h3-12,20-21,24,27,31,39H,13-19H2,1-2H3,(H,37,38)/t21?,24-,27?,30?/m1/s1. The number of imidazole rings is 1. The first-order chi connectivity index (χ1) is 19.3. The highest BCUT2D eigenvalue weighted by atomic mass is 16.5. The summed E-state index contributed by atoms with van der Waals surface area (Å²) in [5, 5.41) is 25.1. The second kappa shape index (κ2) is 11.8. The lowest BCUT2D eigenvalue weighted by Gasteiger charge is -2.48. The maximum atomic E-state index is 14.3. The van der Waals surface area contributed by atoms with E-state index < -0.39 is 23.8 Å². The zero-order valence-electron chi connectivity index (χ0n) is 22.9. The Bertz CT molecular complexity index is 1320. The zero-order chi connectivity index (χ0) is 28.3. The van der Waals surface area contributed by atoms with Crippen LogP contribution < -0.4 is 5.32 Å². The highest BCUT2D eigenvalue weighted by molar-refractivity contribution is 5.98. The van der Waals surface area contributed by atoms with Gasteiger partial charge in [-0.05, 0) is 25.3 Å². The number of ether oxygens (including phenoxy) is 1. The van der Waals surface area contributed by atoms with Crippen LogP contribution in [0, 0.1) is 0 Å². The van der Waals surface area contributed by atoms with Gasteiger partial charge in [-0.1, -0.05) is 60.7 Å². The number of aromatic nitrogens is 2. The highest BCUT2D eigenvalue weighted by Gasteiger charge is 2.49. The number of hydrogen-bond donors (Lipinski definition) is 3. The average Bonchev–Trinajstić information content (AvgIpc) is 3.38. The van der Waals surface area contributed by atoms with E-state index in [1.54, 1.807) is 17.8 Å². The first-order valence-electron chi connectivity index (χ1n) is 13.7. The molecule has 0 aliphatic carbocycles. The fraction of sp³-hybridized carbons (Fsp3) is 0.433. The zero-order valence-corrected chi connectivity index (χ0v) is 22.9. The number of aliphatic hydroxyl groups is 1. The van der Waals surface area contributed by atoms with Crippen molar-refractivity contribution in [1.29, 1.82) is 0 Å². The second-order valence-electron chi connectivity index (χ2n) is 10.7. The fourth-order valence-electron chi connectivity index (χ4n) is 6.30. The molecule has 2 aromatic carbocycles. The van der Waals surface area contributed by atoms with Crippen LogP contribution in [0.15, 0.2) is 67.0 Å². The molecule has 0 bridgehead atoms.